The number of rotatable bonds is 9. The van der Waals surface area contributed by atoms with E-state index in [1.165, 1.54) is 35.2 Å². The van der Waals surface area contributed by atoms with Crippen LogP contribution >= 0.6 is 23.1 Å². The molecular formula is C31H24N4O4S2. The topological polar surface area (TPSA) is 114 Å². The van der Waals surface area contributed by atoms with Crippen molar-refractivity contribution in [3.8, 4) is 11.3 Å². The number of hydrogen-bond acceptors (Lipinski definition) is 7. The van der Waals surface area contributed by atoms with Gasteiger partial charge >= 0.3 is 0 Å². The molecule has 0 saturated heterocycles. The molecule has 1 aromatic heterocycles. The molecule has 2 N–H and O–H groups in total. The molecule has 204 valence electrons. The van der Waals surface area contributed by atoms with E-state index >= 15 is 0 Å². The number of carbonyl (C=O) groups excluding carboxylic acids is 2. The summed E-state index contributed by atoms with van der Waals surface area (Å²) in [5.74, 6) is -0.434. The minimum absolute atomic E-state index is 0.0256. The van der Waals surface area contributed by atoms with Gasteiger partial charge in [-0.3, -0.25) is 19.7 Å². The summed E-state index contributed by atoms with van der Waals surface area (Å²) in [5, 5.41) is 18.5. The van der Waals surface area contributed by atoms with Crippen molar-refractivity contribution in [1.29, 1.82) is 0 Å². The fourth-order valence-corrected chi connectivity index (χ4v) is 5.84. The van der Waals surface area contributed by atoms with Crippen molar-refractivity contribution in [2.24, 2.45) is 0 Å². The van der Waals surface area contributed by atoms with Gasteiger partial charge in [0.25, 0.3) is 11.6 Å². The van der Waals surface area contributed by atoms with Gasteiger partial charge in [-0.25, -0.2) is 4.98 Å². The first kappa shape index (κ1) is 27.8. The zero-order valence-corrected chi connectivity index (χ0v) is 23.4. The second-order valence-electron chi connectivity index (χ2n) is 9.04. The van der Waals surface area contributed by atoms with Crippen molar-refractivity contribution in [3.63, 3.8) is 0 Å². The summed E-state index contributed by atoms with van der Waals surface area (Å²) in [5.41, 5.74) is 4.10. The number of anilines is 2. The van der Waals surface area contributed by atoms with Gasteiger partial charge in [0.15, 0.2) is 5.13 Å². The maximum Gasteiger partial charge on any atom is 0.270 e. The molecule has 0 bridgehead atoms. The van der Waals surface area contributed by atoms with Crippen LogP contribution in [-0.4, -0.2) is 21.7 Å². The van der Waals surface area contributed by atoms with Gasteiger partial charge in [0.2, 0.25) is 5.91 Å². The first-order valence-electron chi connectivity index (χ1n) is 12.6. The minimum Gasteiger partial charge on any atom is -0.322 e. The fourth-order valence-electron chi connectivity index (χ4n) is 4.09. The Bertz CT molecular complexity index is 1710. The smallest absolute Gasteiger partial charge is 0.270 e. The molecule has 0 saturated carbocycles. The van der Waals surface area contributed by atoms with Crippen molar-refractivity contribution in [2.45, 2.75) is 17.1 Å². The number of nitrogens with one attached hydrogen (secondary N) is 2. The van der Waals surface area contributed by atoms with E-state index in [-0.39, 0.29) is 17.5 Å². The van der Waals surface area contributed by atoms with E-state index < -0.39 is 10.2 Å². The normalized spacial score (nSPS) is 11.4. The van der Waals surface area contributed by atoms with Crippen LogP contribution < -0.4 is 10.6 Å². The maximum atomic E-state index is 13.5. The largest absolute Gasteiger partial charge is 0.322 e. The number of thiazole rings is 1. The molecule has 1 unspecified atom stereocenters. The van der Waals surface area contributed by atoms with E-state index in [9.17, 15) is 19.7 Å². The molecule has 0 spiro atoms. The van der Waals surface area contributed by atoms with E-state index in [1.54, 1.807) is 23.6 Å². The number of aromatic nitrogens is 1. The Kier molecular flexibility index (Phi) is 8.52. The molecule has 0 aliphatic carbocycles. The lowest BCUT2D eigenvalue weighted by molar-refractivity contribution is -0.384. The number of amides is 2. The Labute approximate surface area is 244 Å². The molecule has 0 aliphatic heterocycles. The van der Waals surface area contributed by atoms with Gasteiger partial charge in [0, 0.05) is 39.2 Å². The fraction of sp³-hybridized carbons (Fsp3) is 0.0645. The van der Waals surface area contributed by atoms with Gasteiger partial charge in [-0.2, -0.15) is 0 Å². The third-order valence-corrected chi connectivity index (χ3v) is 8.21. The lowest BCUT2D eigenvalue weighted by Crippen LogP contribution is -2.19. The van der Waals surface area contributed by atoms with E-state index in [1.807, 2.05) is 79.7 Å². The molecule has 4 aromatic carbocycles. The maximum absolute atomic E-state index is 13.5. The van der Waals surface area contributed by atoms with E-state index in [0.29, 0.717) is 27.6 Å². The van der Waals surface area contributed by atoms with E-state index in [4.69, 9.17) is 0 Å². The second-order valence-corrected chi connectivity index (χ2v) is 11.1. The Morgan fingerprint density at radius 3 is 2.37 bits per heavy atom. The molecule has 1 heterocycles. The Morgan fingerprint density at radius 1 is 0.902 bits per heavy atom. The van der Waals surface area contributed by atoms with Gasteiger partial charge in [-0.1, -0.05) is 60.7 Å². The molecule has 8 nitrogen and oxygen atoms in total. The van der Waals surface area contributed by atoms with E-state index in [0.717, 1.165) is 16.0 Å². The average Bonchev–Trinajstić information content (AvgIpc) is 3.46. The van der Waals surface area contributed by atoms with Crippen molar-refractivity contribution >= 4 is 51.4 Å². The van der Waals surface area contributed by atoms with Gasteiger partial charge in [-0.15, -0.1) is 23.1 Å². The monoisotopic (exact) mass is 580 g/mol. The molecule has 1 atom stereocenters. The highest BCUT2D eigenvalue weighted by Crippen LogP contribution is 2.37. The number of thioether (sulfide) groups is 1. The minimum atomic E-state index is -0.575. The second kappa shape index (κ2) is 12.6. The van der Waals surface area contributed by atoms with Gasteiger partial charge in [-0.05, 0) is 48.4 Å². The lowest BCUT2D eigenvalue weighted by atomic mass is 10.1. The summed E-state index contributed by atoms with van der Waals surface area (Å²) in [6.45, 7) is 1.89. The van der Waals surface area contributed by atoms with Gasteiger partial charge in [0.05, 0.1) is 10.6 Å². The molecule has 2 amide bonds. The molecule has 10 heteroatoms. The molecule has 0 radical (unpaired) electrons. The third-order valence-electron chi connectivity index (χ3n) is 6.18. The number of nitro benzene ring substituents is 1. The summed E-state index contributed by atoms with van der Waals surface area (Å²) in [7, 11) is 0. The van der Waals surface area contributed by atoms with Crippen LogP contribution in [0.4, 0.5) is 16.5 Å². The quantitative estimate of drug-likeness (QED) is 0.105. The zero-order chi connectivity index (χ0) is 28.8. The van der Waals surface area contributed by atoms with Crippen molar-refractivity contribution in [1.82, 2.24) is 4.98 Å². The van der Waals surface area contributed by atoms with Gasteiger partial charge < -0.3 is 10.6 Å². The molecule has 0 fully saturated rings. The summed E-state index contributed by atoms with van der Waals surface area (Å²) in [6, 6.07) is 30.4. The highest BCUT2D eigenvalue weighted by atomic mass is 32.2. The van der Waals surface area contributed by atoms with Crippen LogP contribution in [0, 0.1) is 17.0 Å². The highest BCUT2D eigenvalue weighted by Gasteiger charge is 2.23. The zero-order valence-electron chi connectivity index (χ0n) is 21.8. The number of hydrogen-bond donors (Lipinski definition) is 2. The molecule has 5 rings (SSSR count). The van der Waals surface area contributed by atoms with Crippen LogP contribution in [0.25, 0.3) is 11.3 Å². The third kappa shape index (κ3) is 6.86. The van der Waals surface area contributed by atoms with Crippen LogP contribution in [-0.2, 0) is 4.79 Å². The summed E-state index contributed by atoms with van der Waals surface area (Å²) < 4.78 is 0. The number of nitro groups is 1. The Morgan fingerprint density at radius 2 is 1.63 bits per heavy atom. The lowest BCUT2D eigenvalue weighted by Gasteiger charge is -2.16. The number of nitrogens with zero attached hydrogens (tertiary/aromatic N) is 2. The average molecular weight is 581 g/mol. The number of aryl methyl sites for hydroxylation is 1. The Balaban J connectivity index is 1.30. The number of carbonyl (C=O) groups is 2. The predicted octanol–water partition coefficient (Wildman–Crippen LogP) is 7.75. The van der Waals surface area contributed by atoms with Crippen LogP contribution in [0.5, 0.6) is 0 Å². The van der Waals surface area contributed by atoms with Crippen molar-refractivity contribution < 1.29 is 14.5 Å². The first-order chi connectivity index (χ1) is 19.9. The van der Waals surface area contributed by atoms with Crippen LogP contribution in [0.3, 0.4) is 0 Å². The predicted molar refractivity (Wildman–Crippen MR) is 163 cm³/mol. The summed E-state index contributed by atoms with van der Waals surface area (Å²) in [6.07, 6.45) is 0. The molecule has 5 aromatic rings. The SMILES string of the molecule is Cc1ccccc1C(=O)Nc1ccc(SC(C(=O)Nc2nc(-c3cccc([N+](=O)[O-])c3)cs2)c2ccccc2)cc1. The van der Waals surface area contributed by atoms with Gasteiger partial charge in [0.1, 0.15) is 5.25 Å². The number of benzene rings is 4. The summed E-state index contributed by atoms with van der Waals surface area (Å²) >= 11 is 2.63. The molecule has 0 aliphatic rings. The van der Waals surface area contributed by atoms with E-state index in [2.05, 4.69) is 15.6 Å². The Hall–Kier alpha value is -4.80. The van der Waals surface area contributed by atoms with Crippen LogP contribution in [0.2, 0.25) is 0 Å². The van der Waals surface area contributed by atoms with Crippen molar-refractivity contribution in [3.05, 3.63) is 135 Å². The number of non-ortho nitro benzene ring substituents is 1. The van der Waals surface area contributed by atoms with Crippen LogP contribution in [0.1, 0.15) is 26.7 Å². The molecule has 41 heavy (non-hydrogen) atoms. The van der Waals surface area contributed by atoms with Crippen molar-refractivity contribution in [2.75, 3.05) is 10.6 Å². The standard InChI is InChI=1S/C31H24N4O4S2/c1-20-8-5-6-13-26(20)29(36)32-23-14-16-25(17-15-23)41-28(21-9-3-2-4-10-21)30(37)34-31-33-27(19-40-31)22-11-7-12-24(18-22)35(38)39/h2-19,28H,1H3,(H,32,36)(H,33,34,37). The molecular weight excluding hydrogens is 556 g/mol. The summed E-state index contributed by atoms with van der Waals surface area (Å²) in [4.78, 5) is 42.2. The highest BCUT2D eigenvalue weighted by molar-refractivity contribution is 8.00. The van der Waals surface area contributed by atoms with Crippen LogP contribution in [0.15, 0.2) is 113 Å². The first-order valence-corrected chi connectivity index (χ1v) is 14.3.